The van der Waals surface area contributed by atoms with Crippen molar-refractivity contribution in [1.82, 2.24) is 0 Å². The van der Waals surface area contributed by atoms with Gasteiger partial charge in [-0.05, 0) is 70.6 Å². The molecule has 0 aliphatic carbocycles. The number of phosphoric acid groups is 1. The van der Waals surface area contributed by atoms with Gasteiger partial charge in [-0.2, -0.15) is 0 Å². The van der Waals surface area contributed by atoms with Gasteiger partial charge in [0.2, 0.25) is 0 Å². The summed E-state index contributed by atoms with van der Waals surface area (Å²) in [4.78, 5) is 37.7. The number of carbonyl (C=O) groups is 2. The van der Waals surface area contributed by atoms with Crippen LogP contribution in [-0.4, -0.2) is 70.0 Å². The van der Waals surface area contributed by atoms with Crippen LogP contribution < -0.4 is 4.89 Å². The van der Waals surface area contributed by atoms with Gasteiger partial charge in [0.1, 0.15) is 19.8 Å². The van der Waals surface area contributed by atoms with Crippen molar-refractivity contribution in [1.29, 1.82) is 0 Å². The molecule has 0 aromatic rings. The molecule has 0 spiro atoms. The van der Waals surface area contributed by atoms with Crippen LogP contribution in [0.1, 0.15) is 271 Å². The summed E-state index contributed by atoms with van der Waals surface area (Å²) >= 11 is 0. The topological polar surface area (TPSA) is 111 Å². The van der Waals surface area contributed by atoms with E-state index in [1.807, 2.05) is 21.1 Å². The summed E-state index contributed by atoms with van der Waals surface area (Å²) < 4.78 is 34.0. The number of carbonyl (C=O) groups excluding carboxylic acids is 2. The minimum absolute atomic E-state index is 0.0366. The van der Waals surface area contributed by atoms with Crippen LogP contribution in [0.4, 0.5) is 0 Å². The van der Waals surface area contributed by atoms with Gasteiger partial charge in [-0.25, -0.2) is 0 Å². The molecule has 0 aromatic carbocycles. The maximum atomic E-state index is 12.7. The van der Waals surface area contributed by atoms with Crippen molar-refractivity contribution in [3.63, 3.8) is 0 Å². The van der Waals surface area contributed by atoms with Gasteiger partial charge in [-0.15, -0.1) is 0 Å². The second kappa shape index (κ2) is 51.9. The number of esters is 2. The minimum Gasteiger partial charge on any atom is -0.756 e. The highest BCUT2D eigenvalue weighted by Gasteiger charge is 2.22. The first kappa shape index (κ1) is 68.0. The van der Waals surface area contributed by atoms with Gasteiger partial charge in [0.25, 0.3) is 7.82 Å². The van der Waals surface area contributed by atoms with Crippen molar-refractivity contribution in [3.8, 4) is 0 Å². The zero-order valence-electron chi connectivity index (χ0n) is 46.5. The molecular weight excluding hydrogens is 894 g/mol. The summed E-state index contributed by atoms with van der Waals surface area (Å²) in [6.45, 7) is 4.11. The molecule has 0 heterocycles. The SMILES string of the molecule is CC/C=C\C/C=C\C/C=C\CCCCCC(=O)OC(COC(=O)CCCCCCCCCCCCCCCCCCCCCCC/C=C\CCCCCCCCCC)COP(=O)([O-])OCC[N+](C)(C)C. The fraction of sp³-hybridized carbons (Fsp3) is 0.833. The molecule has 0 aromatic heterocycles. The van der Waals surface area contributed by atoms with Gasteiger partial charge < -0.3 is 27.9 Å². The molecule has 2 unspecified atom stereocenters. The molecule has 410 valence electrons. The third-order valence-electron chi connectivity index (χ3n) is 12.8. The number of ether oxygens (including phenoxy) is 2. The predicted molar refractivity (Wildman–Crippen MR) is 296 cm³/mol. The maximum absolute atomic E-state index is 12.7. The van der Waals surface area contributed by atoms with Gasteiger partial charge in [0, 0.05) is 12.8 Å². The van der Waals surface area contributed by atoms with Crippen molar-refractivity contribution in [2.45, 2.75) is 277 Å². The highest BCUT2D eigenvalue weighted by molar-refractivity contribution is 7.45. The lowest BCUT2D eigenvalue weighted by atomic mass is 10.0. The molecule has 0 aliphatic heterocycles. The molecule has 70 heavy (non-hydrogen) atoms. The second-order valence-electron chi connectivity index (χ2n) is 21.0. The van der Waals surface area contributed by atoms with E-state index in [9.17, 15) is 19.0 Å². The standard InChI is InChI=1S/C60H112NO8P/c1-6-8-10-12-14-16-18-20-21-22-23-24-25-26-27-28-29-30-31-32-33-34-35-36-37-38-39-41-42-44-46-48-50-52-59(62)66-56-58(57-68-70(64,65)67-55-54-61(3,4)5)69-60(63)53-51-49-47-45-43-40-19-17-15-13-11-9-7-2/h9,11,15,17,22-23,40,43,58H,6-8,10,12-14,16,18-21,24-39,41-42,44-57H2,1-5H3/b11-9-,17-15-,23-22-,43-40-. The average Bonchev–Trinajstić information content (AvgIpc) is 3.32. The first-order valence-electron chi connectivity index (χ1n) is 29.3. The third kappa shape index (κ3) is 55.3. The lowest BCUT2D eigenvalue weighted by molar-refractivity contribution is -0.870. The van der Waals surface area contributed by atoms with Crippen LogP contribution >= 0.6 is 7.82 Å². The molecule has 2 atom stereocenters. The summed E-state index contributed by atoms with van der Waals surface area (Å²) in [6.07, 6.45) is 64.8. The van der Waals surface area contributed by atoms with Gasteiger partial charge in [0.15, 0.2) is 6.10 Å². The largest absolute Gasteiger partial charge is 0.756 e. The van der Waals surface area contributed by atoms with Gasteiger partial charge in [0.05, 0.1) is 27.7 Å². The van der Waals surface area contributed by atoms with Crippen molar-refractivity contribution in [3.05, 3.63) is 48.6 Å². The maximum Gasteiger partial charge on any atom is 0.306 e. The Bertz CT molecular complexity index is 1320. The average molecular weight is 1010 g/mol. The molecule has 0 aliphatic rings. The van der Waals surface area contributed by atoms with E-state index in [0.717, 1.165) is 57.8 Å². The summed E-state index contributed by atoms with van der Waals surface area (Å²) in [7, 11) is 1.15. The van der Waals surface area contributed by atoms with E-state index in [-0.39, 0.29) is 32.0 Å². The highest BCUT2D eigenvalue weighted by atomic mass is 31.2. The van der Waals surface area contributed by atoms with Crippen LogP contribution in [-0.2, 0) is 32.7 Å². The van der Waals surface area contributed by atoms with Crippen molar-refractivity contribution < 1.29 is 42.1 Å². The lowest BCUT2D eigenvalue weighted by Crippen LogP contribution is -2.37. The zero-order chi connectivity index (χ0) is 51.3. The van der Waals surface area contributed by atoms with Crippen LogP contribution in [0.2, 0.25) is 0 Å². The molecule has 0 fully saturated rings. The van der Waals surface area contributed by atoms with E-state index in [1.165, 1.54) is 180 Å². The Morgan fingerprint density at radius 3 is 1.24 bits per heavy atom. The summed E-state index contributed by atoms with van der Waals surface area (Å²) in [5.74, 6) is -0.860. The Morgan fingerprint density at radius 2 is 0.814 bits per heavy atom. The Labute approximate surface area is 433 Å². The van der Waals surface area contributed by atoms with Crippen molar-refractivity contribution in [2.24, 2.45) is 0 Å². The number of phosphoric ester groups is 1. The summed E-state index contributed by atoms with van der Waals surface area (Å²) in [5.41, 5.74) is 0. The third-order valence-corrected chi connectivity index (χ3v) is 13.8. The van der Waals surface area contributed by atoms with Gasteiger partial charge in [-0.3, -0.25) is 14.2 Å². The van der Waals surface area contributed by atoms with Crippen molar-refractivity contribution in [2.75, 3.05) is 47.5 Å². The zero-order valence-corrected chi connectivity index (χ0v) is 47.4. The normalized spacial score (nSPS) is 13.6. The molecule has 0 amide bonds. The molecule has 10 heteroatoms. The van der Waals surface area contributed by atoms with Gasteiger partial charge >= 0.3 is 11.9 Å². The number of likely N-dealkylation sites (N-methyl/N-ethyl adjacent to an activating group) is 1. The summed E-state index contributed by atoms with van der Waals surface area (Å²) in [6, 6.07) is 0. The van der Waals surface area contributed by atoms with E-state index in [0.29, 0.717) is 17.4 Å². The van der Waals surface area contributed by atoms with Crippen LogP contribution in [0.25, 0.3) is 0 Å². The fourth-order valence-corrected chi connectivity index (χ4v) is 9.04. The quantitative estimate of drug-likeness (QED) is 0.0195. The van der Waals surface area contributed by atoms with Crippen molar-refractivity contribution >= 4 is 19.8 Å². The number of allylic oxidation sites excluding steroid dienone is 8. The first-order chi connectivity index (χ1) is 34.0. The summed E-state index contributed by atoms with van der Waals surface area (Å²) in [5, 5.41) is 0. The second-order valence-corrected chi connectivity index (χ2v) is 22.4. The Morgan fingerprint density at radius 1 is 0.457 bits per heavy atom. The molecule has 0 N–H and O–H groups in total. The smallest absolute Gasteiger partial charge is 0.306 e. The number of quaternary nitrogens is 1. The molecule has 0 saturated carbocycles. The Hall–Kier alpha value is -2.03. The van der Waals surface area contributed by atoms with Crippen LogP contribution in [0, 0.1) is 0 Å². The van der Waals surface area contributed by atoms with Crippen LogP contribution in [0.5, 0.6) is 0 Å². The Kier molecular flexibility index (Phi) is 50.4. The highest BCUT2D eigenvalue weighted by Crippen LogP contribution is 2.38. The van der Waals surface area contributed by atoms with E-state index in [4.69, 9.17) is 18.5 Å². The lowest BCUT2D eigenvalue weighted by Gasteiger charge is -2.28. The molecule has 0 saturated heterocycles. The molecule has 0 radical (unpaired) electrons. The predicted octanol–water partition coefficient (Wildman–Crippen LogP) is 17.5. The monoisotopic (exact) mass is 1010 g/mol. The molecule has 9 nitrogen and oxygen atoms in total. The fourth-order valence-electron chi connectivity index (χ4n) is 8.31. The molecule has 0 bridgehead atoms. The minimum atomic E-state index is -4.64. The van der Waals surface area contributed by atoms with Gasteiger partial charge in [-0.1, -0.05) is 236 Å². The van der Waals surface area contributed by atoms with E-state index >= 15 is 0 Å². The number of rotatable bonds is 54. The van der Waals surface area contributed by atoms with E-state index < -0.39 is 26.5 Å². The number of hydrogen-bond donors (Lipinski definition) is 0. The Balaban J connectivity index is 3.96. The number of hydrogen-bond acceptors (Lipinski definition) is 8. The molecular formula is C60H112NO8P. The van der Waals surface area contributed by atoms with Crippen LogP contribution in [0.15, 0.2) is 48.6 Å². The van der Waals surface area contributed by atoms with Crippen LogP contribution in [0.3, 0.4) is 0 Å². The van der Waals surface area contributed by atoms with E-state index in [1.54, 1.807) is 0 Å². The number of unbranched alkanes of at least 4 members (excludes halogenated alkanes) is 32. The number of nitrogens with zero attached hydrogens (tertiary/aromatic N) is 1. The first-order valence-corrected chi connectivity index (χ1v) is 30.8. The molecule has 0 rings (SSSR count). The van der Waals surface area contributed by atoms with E-state index in [2.05, 4.69) is 62.5 Å².